The van der Waals surface area contributed by atoms with Gasteiger partial charge in [0, 0.05) is 31.2 Å². The van der Waals surface area contributed by atoms with Crippen LogP contribution in [0.15, 0.2) is 78.9 Å². The van der Waals surface area contributed by atoms with Crippen molar-refractivity contribution in [3.63, 3.8) is 0 Å². The summed E-state index contributed by atoms with van der Waals surface area (Å²) in [6.45, 7) is 1.90. The number of carboxylic acid groups (broad SMARTS) is 1. The van der Waals surface area contributed by atoms with Crippen LogP contribution in [0.1, 0.15) is 27.5 Å². The number of halogens is 1. The molecule has 1 aliphatic heterocycles. The molecular formula is C28H29ClN3NaO5. The zero-order valence-electron chi connectivity index (χ0n) is 20.2. The number of carbonyl (C=O) groups excluding carboxylic acids is 2. The summed E-state index contributed by atoms with van der Waals surface area (Å²) in [6, 6.07) is 24.9. The van der Waals surface area contributed by atoms with Crippen LogP contribution in [-0.2, 0) is 14.3 Å². The summed E-state index contributed by atoms with van der Waals surface area (Å²) in [5, 5.41) is 12.0. The van der Waals surface area contributed by atoms with Gasteiger partial charge in [-0.2, -0.15) is 0 Å². The molecule has 0 saturated carbocycles. The van der Waals surface area contributed by atoms with E-state index in [1.165, 1.54) is 29.3 Å². The molecule has 0 atom stereocenters. The number of carbonyl (C=O) groups is 3. The molecule has 2 N–H and O–H groups in total. The van der Waals surface area contributed by atoms with Crippen LogP contribution in [-0.4, -0.2) is 102 Å². The van der Waals surface area contributed by atoms with Gasteiger partial charge in [0.05, 0.1) is 17.3 Å². The first-order valence-corrected chi connectivity index (χ1v) is 12.3. The van der Waals surface area contributed by atoms with E-state index < -0.39 is 11.9 Å². The number of anilines is 1. The summed E-state index contributed by atoms with van der Waals surface area (Å²) in [4.78, 5) is 40.4. The monoisotopic (exact) mass is 545 g/mol. The molecule has 194 valence electrons. The van der Waals surface area contributed by atoms with Crippen molar-refractivity contribution in [3.8, 4) is 0 Å². The van der Waals surface area contributed by atoms with Crippen molar-refractivity contribution >= 4 is 64.6 Å². The van der Waals surface area contributed by atoms with Crippen LogP contribution in [0.2, 0.25) is 5.02 Å². The summed E-state index contributed by atoms with van der Waals surface area (Å²) >= 11 is 5.83. The average molecular weight is 546 g/mol. The number of aromatic carboxylic acids is 1. The number of benzene rings is 3. The van der Waals surface area contributed by atoms with Gasteiger partial charge in [0.2, 0.25) is 11.8 Å². The van der Waals surface area contributed by atoms with E-state index in [0.717, 1.165) is 0 Å². The molecule has 0 bridgehead atoms. The molecule has 8 nitrogen and oxygen atoms in total. The number of piperazine rings is 1. The average Bonchev–Trinajstić information content (AvgIpc) is 2.91. The Balaban J connectivity index is 0.00000400. The Morgan fingerprint density at radius 3 is 2.00 bits per heavy atom. The summed E-state index contributed by atoms with van der Waals surface area (Å²) in [7, 11) is 0. The molecule has 1 heterocycles. The summed E-state index contributed by atoms with van der Waals surface area (Å²) in [6.07, 6.45) is 0. The van der Waals surface area contributed by atoms with E-state index in [1.54, 1.807) is 4.90 Å². The Bertz CT molecular complexity index is 1200. The van der Waals surface area contributed by atoms with Gasteiger partial charge >= 0.3 is 35.5 Å². The molecule has 1 saturated heterocycles. The molecule has 1 aliphatic rings. The Labute approximate surface area is 248 Å². The van der Waals surface area contributed by atoms with Gasteiger partial charge in [-0.1, -0.05) is 72.3 Å². The summed E-state index contributed by atoms with van der Waals surface area (Å²) < 4.78 is 5.33. The van der Waals surface area contributed by atoms with Crippen LogP contribution < -0.4 is 5.32 Å². The van der Waals surface area contributed by atoms with Crippen LogP contribution in [0.3, 0.4) is 0 Å². The van der Waals surface area contributed by atoms with Crippen LogP contribution in [0.5, 0.6) is 0 Å². The van der Waals surface area contributed by atoms with Gasteiger partial charge in [0.1, 0.15) is 13.2 Å². The fourth-order valence-corrected chi connectivity index (χ4v) is 4.60. The van der Waals surface area contributed by atoms with Crippen molar-refractivity contribution in [1.82, 2.24) is 9.80 Å². The van der Waals surface area contributed by atoms with Crippen LogP contribution in [0.25, 0.3) is 0 Å². The van der Waals surface area contributed by atoms with Crippen LogP contribution in [0.4, 0.5) is 5.69 Å². The minimum absolute atomic E-state index is 0. The quantitative estimate of drug-likeness (QED) is 0.400. The molecule has 0 aliphatic carbocycles. The number of hydrogen-bond acceptors (Lipinski definition) is 5. The SMILES string of the molecule is O=C(COCC(=O)N1CCN(C(c2ccccc2)c2ccccc2)CC1)Nc1ccc(Cl)cc1C(=O)O.[NaH]. The third-order valence-corrected chi connectivity index (χ3v) is 6.44. The predicted molar refractivity (Wildman–Crippen MR) is 148 cm³/mol. The van der Waals surface area contributed by atoms with Gasteiger partial charge in [0.15, 0.2) is 0 Å². The van der Waals surface area contributed by atoms with Gasteiger partial charge in [0.25, 0.3) is 0 Å². The molecule has 3 aromatic carbocycles. The zero-order chi connectivity index (χ0) is 26.2. The van der Waals surface area contributed by atoms with E-state index in [0.29, 0.717) is 26.2 Å². The number of rotatable bonds is 9. The molecular weight excluding hydrogens is 517 g/mol. The van der Waals surface area contributed by atoms with E-state index in [-0.39, 0.29) is 71.0 Å². The van der Waals surface area contributed by atoms with Crippen molar-refractivity contribution in [1.29, 1.82) is 0 Å². The second-order valence-corrected chi connectivity index (χ2v) is 9.11. The second-order valence-electron chi connectivity index (χ2n) is 8.68. The molecule has 2 amide bonds. The molecule has 10 heteroatoms. The first kappa shape index (κ1) is 29.8. The van der Waals surface area contributed by atoms with Crippen molar-refractivity contribution in [2.24, 2.45) is 0 Å². The number of nitrogens with zero attached hydrogens (tertiary/aromatic N) is 2. The van der Waals surface area contributed by atoms with Gasteiger partial charge in [-0.05, 0) is 29.3 Å². The van der Waals surface area contributed by atoms with Crippen molar-refractivity contribution < 1.29 is 24.2 Å². The zero-order valence-corrected chi connectivity index (χ0v) is 20.9. The number of hydrogen-bond donors (Lipinski definition) is 2. The molecule has 3 aromatic rings. The van der Waals surface area contributed by atoms with Gasteiger partial charge in [-0.25, -0.2) is 4.79 Å². The molecule has 0 unspecified atom stereocenters. The number of nitrogens with one attached hydrogen (secondary N) is 1. The Kier molecular flexibility index (Phi) is 11.3. The molecule has 0 radical (unpaired) electrons. The standard InChI is InChI=1S/C28H28ClN3O5.Na.H/c29-22-11-12-24(23(17-22)28(35)36)30-25(33)18-37-19-26(34)31-13-15-32(16-14-31)27(20-7-3-1-4-8-20)21-9-5-2-6-10-21;;/h1-12,17,27H,13-16,18-19H2,(H,30,33)(H,35,36);;. The Morgan fingerprint density at radius 2 is 1.45 bits per heavy atom. The van der Waals surface area contributed by atoms with Crippen LogP contribution in [0, 0.1) is 0 Å². The molecule has 0 spiro atoms. The molecule has 38 heavy (non-hydrogen) atoms. The number of carboxylic acids is 1. The maximum absolute atomic E-state index is 12.7. The molecule has 1 fully saturated rings. The number of ether oxygens (including phenoxy) is 1. The van der Waals surface area contributed by atoms with Crippen molar-refractivity contribution in [2.75, 3.05) is 44.7 Å². The van der Waals surface area contributed by atoms with E-state index in [4.69, 9.17) is 16.3 Å². The van der Waals surface area contributed by atoms with E-state index >= 15 is 0 Å². The van der Waals surface area contributed by atoms with Gasteiger partial charge < -0.3 is 20.1 Å². The first-order chi connectivity index (χ1) is 17.9. The Morgan fingerprint density at radius 1 is 0.868 bits per heavy atom. The fraction of sp³-hybridized carbons (Fsp3) is 0.250. The number of amides is 2. The van der Waals surface area contributed by atoms with Gasteiger partial charge in [-0.15, -0.1) is 0 Å². The molecule has 4 rings (SSSR count). The third kappa shape index (κ3) is 7.89. The first-order valence-electron chi connectivity index (χ1n) is 11.9. The topological polar surface area (TPSA) is 99.2 Å². The van der Waals surface area contributed by atoms with Crippen molar-refractivity contribution in [2.45, 2.75) is 6.04 Å². The van der Waals surface area contributed by atoms with Crippen molar-refractivity contribution in [3.05, 3.63) is 101 Å². The van der Waals surface area contributed by atoms with E-state index in [9.17, 15) is 19.5 Å². The fourth-order valence-electron chi connectivity index (χ4n) is 4.43. The third-order valence-electron chi connectivity index (χ3n) is 6.21. The minimum atomic E-state index is -1.21. The van der Waals surface area contributed by atoms with E-state index in [2.05, 4.69) is 34.5 Å². The summed E-state index contributed by atoms with van der Waals surface area (Å²) in [5.41, 5.74) is 2.39. The second kappa shape index (κ2) is 14.4. The molecule has 0 aromatic heterocycles. The summed E-state index contributed by atoms with van der Waals surface area (Å²) in [5.74, 6) is -1.97. The normalized spacial score (nSPS) is 13.6. The maximum atomic E-state index is 12.7. The van der Waals surface area contributed by atoms with Crippen LogP contribution >= 0.6 is 11.6 Å². The van der Waals surface area contributed by atoms with E-state index in [1.807, 2.05) is 36.4 Å². The van der Waals surface area contributed by atoms with Gasteiger partial charge in [-0.3, -0.25) is 14.5 Å². The predicted octanol–water partition coefficient (Wildman–Crippen LogP) is 3.28. The Hall–Kier alpha value is -2.72.